The molecular weight excluding hydrogens is 432 g/mol. The van der Waals surface area contributed by atoms with E-state index in [2.05, 4.69) is 21.4 Å². The number of H-pyrrole nitrogens is 1. The number of aromatic nitrogens is 2. The third kappa shape index (κ3) is 5.54. The van der Waals surface area contributed by atoms with Crippen molar-refractivity contribution in [2.45, 2.75) is 30.8 Å². The van der Waals surface area contributed by atoms with E-state index >= 15 is 0 Å². The second kappa shape index (κ2) is 10.3. The van der Waals surface area contributed by atoms with Crippen molar-refractivity contribution in [3.63, 3.8) is 0 Å². The predicted octanol–water partition coefficient (Wildman–Crippen LogP) is 4.68. The molecule has 158 valence electrons. The molecule has 1 heterocycles. The lowest BCUT2D eigenvalue weighted by molar-refractivity contribution is -0.116. The van der Waals surface area contributed by atoms with Gasteiger partial charge in [0.25, 0.3) is 5.56 Å². The van der Waals surface area contributed by atoms with Gasteiger partial charge in [-0.05, 0) is 42.9 Å². The van der Waals surface area contributed by atoms with Crippen molar-refractivity contribution in [2.24, 2.45) is 0 Å². The number of carbonyl (C=O) groups is 1. The zero-order valence-electron chi connectivity index (χ0n) is 17.1. The number of benzene rings is 2. The van der Waals surface area contributed by atoms with Gasteiger partial charge in [-0.1, -0.05) is 59.8 Å². The van der Waals surface area contributed by atoms with Crippen LogP contribution in [0.15, 0.2) is 58.5 Å². The number of rotatable bonds is 7. The molecule has 0 aliphatic carbocycles. The Kier molecular flexibility index (Phi) is 7.50. The highest BCUT2D eigenvalue weighted by Crippen LogP contribution is 2.31. The first-order valence-corrected chi connectivity index (χ1v) is 11.2. The molecule has 3 rings (SSSR count). The largest absolute Gasteiger partial charge is 0.326 e. The highest BCUT2D eigenvalue weighted by atomic mass is 35.5. The molecular formula is C23H21ClN4O2S. The number of nitrogens with one attached hydrogen (secondary N) is 2. The lowest BCUT2D eigenvalue weighted by atomic mass is 9.92. The number of anilines is 1. The molecule has 1 aromatic heterocycles. The molecule has 2 N–H and O–H groups in total. The summed E-state index contributed by atoms with van der Waals surface area (Å²) in [4.78, 5) is 31.6. The van der Waals surface area contributed by atoms with Crippen molar-refractivity contribution in [1.82, 2.24) is 9.97 Å². The molecule has 0 saturated carbocycles. The quantitative estimate of drug-likeness (QED) is 0.400. The molecule has 1 amide bonds. The lowest BCUT2D eigenvalue weighted by Gasteiger charge is -2.13. The minimum Gasteiger partial charge on any atom is -0.326 e. The molecule has 8 heteroatoms. The molecule has 0 bridgehead atoms. The van der Waals surface area contributed by atoms with E-state index in [1.54, 1.807) is 25.1 Å². The topological polar surface area (TPSA) is 98.6 Å². The Balaban J connectivity index is 1.68. The molecule has 2 aromatic carbocycles. The number of nitriles is 1. The Morgan fingerprint density at radius 1 is 1.29 bits per heavy atom. The van der Waals surface area contributed by atoms with E-state index in [0.29, 0.717) is 32.7 Å². The number of aromatic amines is 1. The first-order chi connectivity index (χ1) is 14.9. The summed E-state index contributed by atoms with van der Waals surface area (Å²) in [5, 5.41) is 13.4. The van der Waals surface area contributed by atoms with Gasteiger partial charge in [-0.25, -0.2) is 4.98 Å². The zero-order chi connectivity index (χ0) is 22.4. The van der Waals surface area contributed by atoms with Crippen molar-refractivity contribution in [3.8, 4) is 6.07 Å². The molecule has 1 atom stereocenters. The van der Waals surface area contributed by atoms with Crippen LogP contribution in [0.1, 0.15) is 34.7 Å². The van der Waals surface area contributed by atoms with E-state index in [0.717, 1.165) is 5.56 Å². The fourth-order valence-corrected chi connectivity index (χ4v) is 3.96. The Morgan fingerprint density at radius 2 is 2.03 bits per heavy atom. The normalized spacial score (nSPS) is 11.5. The third-order valence-corrected chi connectivity index (χ3v) is 5.76. The van der Waals surface area contributed by atoms with Gasteiger partial charge in [0.15, 0.2) is 5.16 Å². The van der Waals surface area contributed by atoms with E-state index < -0.39 is 5.92 Å². The van der Waals surface area contributed by atoms with E-state index in [-0.39, 0.29) is 24.3 Å². The van der Waals surface area contributed by atoms with Crippen LogP contribution in [0.5, 0.6) is 0 Å². The van der Waals surface area contributed by atoms with Gasteiger partial charge in [-0.3, -0.25) is 9.59 Å². The molecule has 0 aliphatic heterocycles. The lowest BCUT2D eigenvalue weighted by Crippen LogP contribution is -2.20. The smallest absolute Gasteiger partial charge is 0.254 e. The highest BCUT2D eigenvalue weighted by Gasteiger charge is 2.17. The van der Waals surface area contributed by atoms with Crippen molar-refractivity contribution in [3.05, 3.63) is 86.3 Å². The van der Waals surface area contributed by atoms with Gasteiger partial charge in [0.2, 0.25) is 5.91 Å². The van der Waals surface area contributed by atoms with Crippen LogP contribution in [0.25, 0.3) is 0 Å². The first-order valence-electron chi connectivity index (χ1n) is 9.60. The standard InChI is InChI=1S/C23H21ClN4O2S/c1-14-17(22(30)28-23(26-14)31-2)10-11-21(29)27-16-8-9-18(20(24)12-16)19(13-25)15-6-4-3-5-7-15/h3-9,12,19H,10-11H2,1-2H3,(H,27,29)(H,26,28,30). The van der Waals surface area contributed by atoms with Gasteiger partial charge < -0.3 is 10.3 Å². The maximum absolute atomic E-state index is 12.4. The fraction of sp³-hybridized carbons (Fsp3) is 0.217. The summed E-state index contributed by atoms with van der Waals surface area (Å²) in [6.07, 6.45) is 2.25. The van der Waals surface area contributed by atoms with Gasteiger partial charge >= 0.3 is 0 Å². The number of hydrogen-bond donors (Lipinski definition) is 2. The molecule has 0 saturated heterocycles. The molecule has 0 fully saturated rings. The van der Waals surface area contributed by atoms with Gasteiger partial charge in [-0.15, -0.1) is 0 Å². The summed E-state index contributed by atoms with van der Waals surface area (Å²) in [5.74, 6) is -0.735. The SMILES string of the molecule is CSc1nc(C)c(CCC(=O)Nc2ccc(C(C#N)c3ccccc3)c(Cl)c2)c(=O)[nH]1. The third-order valence-electron chi connectivity index (χ3n) is 4.85. The second-order valence-electron chi connectivity index (χ2n) is 6.90. The maximum atomic E-state index is 12.4. The molecule has 0 aliphatic rings. The van der Waals surface area contributed by atoms with Crippen molar-refractivity contribution >= 4 is 35.0 Å². The van der Waals surface area contributed by atoms with Crippen LogP contribution in [0.3, 0.4) is 0 Å². The Morgan fingerprint density at radius 3 is 2.65 bits per heavy atom. The summed E-state index contributed by atoms with van der Waals surface area (Å²) < 4.78 is 0. The zero-order valence-corrected chi connectivity index (χ0v) is 18.7. The Hall–Kier alpha value is -3.08. The average molecular weight is 453 g/mol. The van der Waals surface area contributed by atoms with E-state index in [1.807, 2.05) is 36.6 Å². The Bertz CT molecular complexity index is 1190. The fourth-order valence-electron chi connectivity index (χ4n) is 3.25. The number of halogens is 1. The second-order valence-corrected chi connectivity index (χ2v) is 8.10. The number of carbonyl (C=O) groups excluding carboxylic acids is 1. The minimum atomic E-state index is -0.495. The van der Waals surface area contributed by atoms with Crippen LogP contribution < -0.4 is 10.9 Å². The van der Waals surface area contributed by atoms with Crippen molar-refractivity contribution in [2.75, 3.05) is 11.6 Å². The van der Waals surface area contributed by atoms with Crippen molar-refractivity contribution in [1.29, 1.82) is 5.26 Å². The number of amides is 1. The number of thioether (sulfide) groups is 1. The van der Waals surface area contributed by atoms with Crippen LogP contribution in [0.2, 0.25) is 5.02 Å². The van der Waals surface area contributed by atoms with Gasteiger partial charge in [0.05, 0.1) is 12.0 Å². The predicted molar refractivity (Wildman–Crippen MR) is 124 cm³/mol. The number of aryl methyl sites for hydroxylation is 1. The first kappa shape index (κ1) is 22.6. The molecule has 0 radical (unpaired) electrons. The monoisotopic (exact) mass is 452 g/mol. The molecule has 1 unspecified atom stereocenters. The summed E-state index contributed by atoms with van der Waals surface area (Å²) in [7, 11) is 0. The number of nitrogens with zero attached hydrogens (tertiary/aromatic N) is 2. The van der Waals surface area contributed by atoms with Gasteiger partial charge in [-0.2, -0.15) is 5.26 Å². The minimum absolute atomic E-state index is 0.133. The van der Waals surface area contributed by atoms with E-state index in [9.17, 15) is 14.9 Å². The van der Waals surface area contributed by atoms with Crippen LogP contribution in [0.4, 0.5) is 5.69 Å². The summed E-state index contributed by atoms with van der Waals surface area (Å²) in [6, 6.07) is 16.8. The van der Waals surface area contributed by atoms with Crippen LogP contribution in [-0.4, -0.2) is 22.1 Å². The van der Waals surface area contributed by atoms with Crippen LogP contribution >= 0.6 is 23.4 Å². The van der Waals surface area contributed by atoms with Crippen molar-refractivity contribution < 1.29 is 4.79 Å². The highest BCUT2D eigenvalue weighted by molar-refractivity contribution is 7.98. The summed E-state index contributed by atoms with van der Waals surface area (Å²) in [5.41, 5.74) is 2.96. The Labute approximate surface area is 189 Å². The molecule has 6 nitrogen and oxygen atoms in total. The van der Waals surface area contributed by atoms with Gasteiger partial charge in [0, 0.05) is 28.4 Å². The van der Waals surface area contributed by atoms with Gasteiger partial charge in [0.1, 0.15) is 0 Å². The molecule has 0 spiro atoms. The average Bonchev–Trinajstić information content (AvgIpc) is 2.75. The maximum Gasteiger partial charge on any atom is 0.254 e. The molecule has 3 aromatic rings. The molecule has 31 heavy (non-hydrogen) atoms. The van der Waals surface area contributed by atoms with Crippen LogP contribution in [0, 0.1) is 18.3 Å². The summed E-state index contributed by atoms with van der Waals surface area (Å²) >= 11 is 7.78. The van der Waals surface area contributed by atoms with E-state index in [4.69, 9.17) is 11.6 Å². The summed E-state index contributed by atoms with van der Waals surface area (Å²) in [6.45, 7) is 1.76. The van der Waals surface area contributed by atoms with Crippen LogP contribution in [-0.2, 0) is 11.2 Å². The number of hydrogen-bond acceptors (Lipinski definition) is 5. The van der Waals surface area contributed by atoms with E-state index in [1.165, 1.54) is 11.8 Å².